The minimum atomic E-state index is -0.323. The zero-order chi connectivity index (χ0) is 22.2. The number of ether oxygens (including phenoxy) is 2. The molecule has 0 spiro atoms. The Morgan fingerprint density at radius 1 is 1.16 bits per heavy atom. The van der Waals surface area contributed by atoms with Gasteiger partial charge < -0.3 is 19.3 Å². The molecular weight excluding hydrogens is 408 g/mol. The molecule has 0 bridgehead atoms. The summed E-state index contributed by atoms with van der Waals surface area (Å²) < 4.78 is 11.3. The van der Waals surface area contributed by atoms with Gasteiger partial charge in [0.25, 0.3) is 5.91 Å². The predicted octanol–water partition coefficient (Wildman–Crippen LogP) is 4.64. The van der Waals surface area contributed by atoms with Gasteiger partial charge in [-0.15, -0.1) is 0 Å². The Balaban J connectivity index is 1.81. The first-order valence-corrected chi connectivity index (χ1v) is 11.2. The molecule has 31 heavy (non-hydrogen) atoms. The van der Waals surface area contributed by atoms with Gasteiger partial charge in [0.2, 0.25) is 0 Å². The van der Waals surface area contributed by atoms with E-state index in [4.69, 9.17) is 21.7 Å². The summed E-state index contributed by atoms with van der Waals surface area (Å²) in [6.45, 7) is 9.40. The molecule has 2 aliphatic heterocycles. The second kappa shape index (κ2) is 8.60. The van der Waals surface area contributed by atoms with Crippen LogP contribution in [0, 0.1) is 0 Å². The van der Waals surface area contributed by atoms with Crippen molar-refractivity contribution in [1.82, 2.24) is 4.90 Å². The second-order valence-corrected chi connectivity index (χ2v) is 9.33. The molecule has 0 aromatic heterocycles. The minimum Gasteiger partial charge on any atom is -0.496 e. The predicted molar refractivity (Wildman–Crippen MR) is 127 cm³/mol. The normalized spacial score (nSPS) is 20.2. The summed E-state index contributed by atoms with van der Waals surface area (Å²) >= 11 is 5.85. The summed E-state index contributed by atoms with van der Waals surface area (Å²) in [6.07, 6.45) is 0.870. The van der Waals surface area contributed by atoms with Crippen LogP contribution < -0.4 is 9.64 Å². The lowest BCUT2D eigenvalue weighted by Gasteiger charge is -2.46. The average Bonchev–Trinajstić information content (AvgIpc) is 2.78. The summed E-state index contributed by atoms with van der Waals surface area (Å²) in [5.41, 5.74) is 3.31. The Hall–Kier alpha value is -2.44. The van der Waals surface area contributed by atoms with E-state index in [0.717, 1.165) is 41.3 Å². The highest BCUT2D eigenvalue weighted by atomic mass is 32.1. The standard InChI is InChI=1S/C25H30N2O3S/c1-17-16-25(2,3)27(23(28)18-8-6-5-7-9-18)21-15-22(29-4)20(14-19(17)21)24(31)26-10-12-30-13-11-26/h5-9,14-15,17H,10-13,16H2,1-4H3. The van der Waals surface area contributed by atoms with Gasteiger partial charge in [-0.25, -0.2) is 0 Å². The topological polar surface area (TPSA) is 42.0 Å². The van der Waals surface area contributed by atoms with E-state index < -0.39 is 0 Å². The molecule has 1 saturated heterocycles. The number of benzene rings is 2. The van der Waals surface area contributed by atoms with Gasteiger partial charge >= 0.3 is 0 Å². The van der Waals surface area contributed by atoms with Crippen LogP contribution in [0.25, 0.3) is 0 Å². The number of carbonyl (C=O) groups excluding carboxylic acids is 1. The molecule has 0 radical (unpaired) electrons. The van der Waals surface area contributed by atoms with Crippen molar-refractivity contribution in [3.8, 4) is 5.75 Å². The fourth-order valence-electron chi connectivity index (χ4n) is 4.82. The third-order valence-corrected chi connectivity index (χ3v) is 6.76. The number of carbonyl (C=O) groups is 1. The highest BCUT2D eigenvalue weighted by molar-refractivity contribution is 7.80. The van der Waals surface area contributed by atoms with E-state index in [9.17, 15) is 4.79 Å². The number of anilines is 1. The maximum absolute atomic E-state index is 13.6. The number of thiocarbonyl (C=S) groups is 1. The molecule has 0 saturated carbocycles. The number of rotatable bonds is 3. The average molecular weight is 439 g/mol. The van der Waals surface area contributed by atoms with Crippen LogP contribution in [0.5, 0.6) is 5.75 Å². The number of nitrogens with zero attached hydrogens (tertiary/aromatic N) is 2. The lowest BCUT2D eigenvalue weighted by Crippen LogP contribution is -2.51. The van der Waals surface area contributed by atoms with Crippen molar-refractivity contribution in [2.75, 3.05) is 38.3 Å². The quantitative estimate of drug-likeness (QED) is 0.654. The molecule has 4 rings (SSSR count). The third kappa shape index (κ3) is 4.06. The second-order valence-electron chi connectivity index (χ2n) is 8.94. The van der Waals surface area contributed by atoms with Crippen molar-refractivity contribution in [3.63, 3.8) is 0 Å². The number of hydrogen-bond donors (Lipinski definition) is 0. The molecule has 5 nitrogen and oxygen atoms in total. The van der Waals surface area contributed by atoms with Gasteiger partial charge in [-0.1, -0.05) is 37.3 Å². The van der Waals surface area contributed by atoms with Crippen LogP contribution in [0.2, 0.25) is 0 Å². The van der Waals surface area contributed by atoms with E-state index in [1.807, 2.05) is 41.3 Å². The molecule has 6 heteroatoms. The van der Waals surface area contributed by atoms with Gasteiger partial charge in [0.05, 0.1) is 31.6 Å². The molecule has 1 amide bonds. The SMILES string of the molecule is COc1cc2c(cc1C(=S)N1CCOCC1)C(C)CC(C)(C)N2C(=O)c1ccccc1. The summed E-state index contributed by atoms with van der Waals surface area (Å²) in [5, 5.41) is 0. The Morgan fingerprint density at radius 3 is 2.48 bits per heavy atom. The maximum Gasteiger partial charge on any atom is 0.258 e. The highest BCUT2D eigenvalue weighted by Crippen LogP contribution is 2.46. The lowest BCUT2D eigenvalue weighted by atomic mass is 9.79. The number of methoxy groups -OCH3 is 1. The van der Waals surface area contributed by atoms with Crippen LogP contribution in [0.3, 0.4) is 0 Å². The Bertz CT molecular complexity index is 984. The smallest absolute Gasteiger partial charge is 0.258 e. The lowest BCUT2D eigenvalue weighted by molar-refractivity contribution is 0.0692. The van der Waals surface area contributed by atoms with E-state index in [0.29, 0.717) is 30.4 Å². The molecule has 2 aromatic carbocycles. The molecule has 2 heterocycles. The fraction of sp³-hybridized carbons (Fsp3) is 0.440. The number of amides is 1. The Labute approximate surface area is 189 Å². The van der Waals surface area contributed by atoms with Gasteiger partial charge in [0.15, 0.2) is 0 Å². The zero-order valence-electron chi connectivity index (χ0n) is 18.7. The van der Waals surface area contributed by atoms with Gasteiger partial charge in [0, 0.05) is 30.3 Å². The van der Waals surface area contributed by atoms with E-state index in [1.165, 1.54) is 0 Å². The van der Waals surface area contributed by atoms with Crippen molar-refractivity contribution >= 4 is 28.8 Å². The van der Waals surface area contributed by atoms with Gasteiger partial charge in [-0.3, -0.25) is 4.79 Å². The molecule has 2 aromatic rings. The van der Waals surface area contributed by atoms with Crippen molar-refractivity contribution < 1.29 is 14.3 Å². The number of hydrogen-bond acceptors (Lipinski definition) is 4. The molecule has 1 atom stereocenters. The van der Waals surface area contributed by atoms with Gasteiger partial charge in [-0.05, 0) is 49.9 Å². The number of fused-ring (bicyclic) bond motifs is 1. The summed E-state index contributed by atoms with van der Waals surface area (Å²) in [4.78, 5) is 18.5. The minimum absolute atomic E-state index is 0.00399. The van der Waals surface area contributed by atoms with Crippen molar-refractivity contribution in [3.05, 3.63) is 59.2 Å². The van der Waals surface area contributed by atoms with Crippen molar-refractivity contribution in [2.45, 2.75) is 38.6 Å². The molecule has 1 unspecified atom stereocenters. The Kier molecular flexibility index (Phi) is 6.04. The van der Waals surface area contributed by atoms with Crippen molar-refractivity contribution in [1.29, 1.82) is 0 Å². The third-order valence-electron chi connectivity index (χ3n) is 6.28. The summed E-state index contributed by atoms with van der Waals surface area (Å²) in [7, 11) is 1.66. The first-order valence-electron chi connectivity index (χ1n) is 10.8. The fourth-order valence-corrected chi connectivity index (χ4v) is 5.16. The molecular formula is C25H30N2O3S. The number of morpholine rings is 1. The van der Waals surface area contributed by atoms with Crippen LogP contribution in [0.4, 0.5) is 5.69 Å². The highest BCUT2D eigenvalue weighted by Gasteiger charge is 2.41. The first kappa shape index (κ1) is 21.8. The summed E-state index contributed by atoms with van der Waals surface area (Å²) in [5.74, 6) is 0.997. The monoisotopic (exact) mass is 438 g/mol. The molecule has 164 valence electrons. The van der Waals surface area contributed by atoms with Crippen LogP contribution in [0.1, 0.15) is 54.6 Å². The van der Waals surface area contributed by atoms with E-state index in [-0.39, 0.29) is 11.4 Å². The van der Waals surface area contributed by atoms with Gasteiger partial charge in [0.1, 0.15) is 10.7 Å². The molecule has 0 aliphatic carbocycles. The molecule has 1 fully saturated rings. The molecule has 0 N–H and O–H groups in total. The first-order chi connectivity index (χ1) is 14.8. The van der Waals surface area contributed by atoms with Crippen LogP contribution >= 0.6 is 12.2 Å². The van der Waals surface area contributed by atoms with E-state index >= 15 is 0 Å². The van der Waals surface area contributed by atoms with Crippen LogP contribution in [-0.2, 0) is 4.74 Å². The van der Waals surface area contributed by atoms with Crippen molar-refractivity contribution in [2.24, 2.45) is 0 Å². The van der Waals surface area contributed by atoms with E-state index in [1.54, 1.807) is 7.11 Å². The van der Waals surface area contributed by atoms with Crippen LogP contribution in [0.15, 0.2) is 42.5 Å². The Morgan fingerprint density at radius 2 is 1.84 bits per heavy atom. The largest absolute Gasteiger partial charge is 0.496 e. The maximum atomic E-state index is 13.6. The molecule has 2 aliphatic rings. The summed E-state index contributed by atoms with van der Waals surface area (Å²) in [6, 6.07) is 13.6. The van der Waals surface area contributed by atoms with Crippen LogP contribution in [-0.4, -0.2) is 54.7 Å². The zero-order valence-corrected chi connectivity index (χ0v) is 19.5. The van der Waals surface area contributed by atoms with E-state index in [2.05, 4.69) is 31.7 Å². The van der Waals surface area contributed by atoms with Gasteiger partial charge in [-0.2, -0.15) is 0 Å².